The molecule has 15 heavy (non-hydrogen) atoms. The summed E-state index contributed by atoms with van der Waals surface area (Å²) in [6, 6.07) is 5.31. The molecule has 0 aliphatic rings. The monoisotopic (exact) mass is 270 g/mol. The second-order valence-electron chi connectivity index (χ2n) is 2.68. The van der Waals surface area contributed by atoms with Crippen LogP contribution in [0.1, 0.15) is 12.5 Å². The summed E-state index contributed by atoms with van der Waals surface area (Å²) in [6.45, 7) is 2.33. The zero-order valence-corrected chi connectivity index (χ0v) is 9.90. The normalized spacial score (nSPS) is 8.53. The summed E-state index contributed by atoms with van der Waals surface area (Å²) < 4.78 is 6.44. The van der Waals surface area contributed by atoms with Crippen LogP contribution in [0.2, 0.25) is 0 Å². The van der Waals surface area contributed by atoms with Gasteiger partial charge in [0.15, 0.2) is 12.4 Å². The van der Waals surface area contributed by atoms with Crippen LogP contribution in [0, 0.1) is 11.3 Å². The molecule has 1 aromatic heterocycles. The van der Waals surface area contributed by atoms with Crippen LogP contribution < -0.4 is 21.5 Å². The zero-order valence-electron chi connectivity index (χ0n) is 8.31. The number of ether oxygens (including phenoxy) is 1. The van der Waals surface area contributed by atoms with Crippen molar-refractivity contribution in [1.29, 1.82) is 5.26 Å². The second-order valence-corrected chi connectivity index (χ2v) is 2.68. The summed E-state index contributed by atoms with van der Waals surface area (Å²) in [7, 11) is 0. The van der Waals surface area contributed by atoms with E-state index >= 15 is 0 Å². The minimum absolute atomic E-state index is 0. The molecule has 0 saturated heterocycles. The Kier molecular flexibility index (Phi) is 6.30. The molecule has 0 atom stereocenters. The fourth-order valence-electron chi connectivity index (χ4n) is 0.993. The number of nitrogens with zero attached hydrogens (tertiary/aromatic N) is 2. The number of hydrogen-bond donors (Lipinski definition) is 0. The number of esters is 1. The van der Waals surface area contributed by atoms with Crippen LogP contribution in [-0.2, 0) is 16.1 Å². The van der Waals surface area contributed by atoms with Crippen molar-refractivity contribution in [3.05, 3.63) is 30.1 Å². The lowest BCUT2D eigenvalue weighted by atomic mass is 10.3. The van der Waals surface area contributed by atoms with Crippen LogP contribution in [0.5, 0.6) is 0 Å². The van der Waals surface area contributed by atoms with Gasteiger partial charge in [0.25, 0.3) is 0 Å². The Hall–Kier alpha value is -1.41. The molecule has 0 fully saturated rings. The van der Waals surface area contributed by atoms with Gasteiger partial charge in [-0.2, -0.15) is 9.83 Å². The topological polar surface area (TPSA) is 54.0 Å². The Morgan fingerprint density at radius 2 is 2.13 bits per heavy atom. The number of carbonyl (C=O) groups is 1. The molecule has 0 aromatic carbocycles. The average Bonchev–Trinajstić information content (AvgIpc) is 2.19. The minimum Gasteiger partial charge on any atom is -1.00 e. The van der Waals surface area contributed by atoms with E-state index in [1.54, 1.807) is 36.0 Å². The molecule has 4 nitrogen and oxygen atoms in total. The molecule has 0 saturated carbocycles. The Morgan fingerprint density at radius 1 is 1.53 bits per heavy atom. The molecular formula is C10H11BrN2O2. The summed E-state index contributed by atoms with van der Waals surface area (Å²) in [4.78, 5) is 11.1. The van der Waals surface area contributed by atoms with Gasteiger partial charge >= 0.3 is 5.97 Å². The summed E-state index contributed by atoms with van der Waals surface area (Å²) in [5.41, 5.74) is 0.574. The highest BCUT2D eigenvalue weighted by Gasteiger charge is 2.08. The molecule has 0 amide bonds. The first-order chi connectivity index (χ1) is 6.76. The standard InChI is InChI=1S/C10H11N2O2.BrH/c1-2-14-10(13)8-12-5-3-9(7-11)4-6-12;/h3-6H,2,8H2,1H3;1H/q+1;/p-1. The summed E-state index contributed by atoms with van der Waals surface area (Å²) in [5, 5.41) is 8.54. The van der Waals surface area contributed by atoms with Gasteiger partial charge in [-0.15, -0.1) is 0 Å². The predicted molar refractivity (Wildman–Crippen MR) is 48.0 cm³/mol. The van der Waals surface area contributed by atoms with Gasteiger partial charge in [0.2, 0.25) is 6.54 Å². The zero-order chi connectivity index (χ0) is 10.4. The molecule has 0 N–H and O–H groups in total. The first-order valence-electron chi connectivity index (χ1n) is 4.31. The van der Waals surface area contributed by atoms with Crippen molar-refractivity contribution in [1.82, 2.24) is 0 Å². The van der Waals surface area contributed by atoms with Gasteiger partial charge in [0.1, 0.15) is 0 Å². The highest BCUT2D eigenvalue weighted by atomic mass is 79.9. The van der Waals surface area contributed by atoms with Crippen molar-refractivity contribution < 1.29 is 31.1 Å². The third kappa shape index (κ3) is 4.56. The molecule has 0 spiro atoms. The van der Waals surface area contributed by atoms with Gasteiger partial charge in [-0.1, -0.05) is 0 Å². The van der Waals surface area contributed by atoms with Gasteiger partial charge in [0.05, 0.1) is 18.2 Å². The lowest BCUT2D eigenvalue weighted by Gasteiger charge is -1.97. The third-order valence-electron chi connectivity index (χ3n) is 1.64. The van der Waals surface area contributed by atoms with E-state index in [2.05, 4.69) is 0 Å². The van der Waals surface area contributed by atoms with Gasteiger partial charge in [-0.25, -0.2) is 4.79 Å². The van der Waals surface area contributed by atoms with Crippen molar-refractivity contribution in [2.75, 3.05) is 6.61 Å². The SMILES string of the molecule is CCOC(=O)C[n+]1ccc(C#N)cc1.[Br-]. The van der Waals surface area contributed by atoms with E-state index in [9.17, 15) is 4.79 Å². The highest BCUT2D eigenvalue weighted by Crippen LogP contribution is 1.90. The molecule has 0 bridgehead atoms. The maximum absolute atomic E-state index is 11.1. The van der Waals surface area contributed by atoms with E-state index in [4.69, 9.17) is 10.00 Å². The van der Waals surface area contributed by atoms with E-state index in [1.807, 2.05) is 6.07 Å². The number of nitriles is 1. The molecule has 1 heterocycles. The molecule has 80 valence electrons. The minimum atomic E-state index is -0.276. The van der Waals surface area contributed by atoms with E-state index in [0.717, 1.165) is 0 Å². The molecular weight excluding hydrogens is 260 g/mol. The fourth-order valence-corrected chi connectivity index (χ4v) is 0.993. The summed E-state index contributed by atoms with van der Waals surface area (Å²) >= 11 is 0. The van der Waals surface area contributed by atoms with Crippen molar-refractivity contribution >= 4 is 5.97 Å². The van der Waals surface area contributed by atoms with E-state index in [0.29, 0.717) is 12.2 Å². The number of hydrogen-bond acceptors (Lipinski definition) is 3. The lowest BCUT2D eigenvalue weighted by molar-refractivity contribution is -0.686. The van der Waals surface area contributed by atoms with Crippen molar-refractivity contribution in [2.24, 2.45) is 0 Å². The van der Waals surface area contributed by atoms with Crippen molar-refractivity contribution in [2.45, 2.75) is 13.5 Å². The predicted octanol–water partition coefficient (Wildman–Crippen LogP) is -2.59. The van der Waals surface area contributed by atoms with Crippen molar-refractivity contribution in [3.8, 4) is 6.07 Å². The second kappa shape index (κ2) is 6.96. The molecule has 1 aromatic rings. The van der Waals surface area contributed by atoms with Crippen molar-refractivity contribution in [3.63, 3.8) is 0 Å². The first kappa shape index (κ1) is 13.6. The van der Waals surface area contributed by atoms with E-state index in [-0.39, 0.29) is 29.5 Å². The maximum Gasteiger partial charge on any atom is 0.372 e. The molecule has 0 unspecified atom stereocenters. The van der Waals surface area contributed by atoms with Crippen LogP contribution >= 0.6 is 0 Å². The molecule has 5 heteroatoms. The largest absolute Gasteiger partial charge is 1.00 e. The molecule has 0 aliphatic carbocycles. The third-order valence-corrected chi connectivity index (χ3v) is 1.64. The van der Waals surface area contributed by atoms with Gasteiger partial charge in [-0.3, -0.25) is 0 Å². The van der Waals surface area contributed by atoms with Crippen LogP contribution in [0.25, 0.3) is 0 Å². The number of rotatable bonds is 3. The summed E-state index contributed by atoms with van der Waals surface area (Å²) in [5.74, 6) is -0.276. The highest BCUT2D eigenvalue weighted by molar-refractivity contribution is 5.67. The smallest absolute Gasteiger partial charge is 0.372 e. The first-order valence-corrected chi connectivity index (χ1v) is 4.31. The van der Waals surface area contributed by atoms with Crippen LogP contribution in [0.15, 0.2) is 24.5 Å². The van der Waals surface area contributed by atoms with Crippen LogP contribution in [0.3, 0.4) is 0 Å². The number of pyridine rings is 1. The Morgan fingerprint density at radius 3 is 2.60 bits per heavy atom. The van der Waals surface area contributed by atoms with E-state index in [1.165, 1.54) is 0 Å². The average molecular weight is 271 g/mol. The number of aromatic nitrogens is 1. The van der Waals surface area contributed by atoms with Crippen LogP contribution in [-0.4, -0.2) is 12.6 Å². The fraction of sp³-hybridized carbons (Fsp3) is 0.300. The Labute approximate surface area is 98.9 Å². The molecule has 0 aliphatic heterocycles. The maximum atomic E-state index is 11.1. The number of carbonyl (C=O) groups excluding carboxylic acids is 1. The molecule has 0 radical (unpaired) electrons. The quantitative estimate of drug-likeness (QED) is 0.448. The number of halogens is 1. The summed E-state index contributed by atoms with van der Waals surface area (Å²) in [6.07, 6.45) is 3.35. The van der Waals surface area contributed by atoms with Gasteiger partial charge in [-0.05, 0) is 6.92 Å². The van der Waals surface area contributed by atoms with Gasteiger partial charge < -0.3 is 21.7 Å². The Balaban J connectivity index is 0.00000196. The van der Waals surface area contributed by atoms with Gasteiger partial charge in [0, 0.05) is 12.1 Å². The Bertz CT molecular complexity index is 357. The molecule has 1 rings (SSSR count). The van der Waals surface area contributed by atoms with E-state index < -0.39 is 0 Å². The lowest BCUT2D eigenvalue weighted by Crippen LogP contribution is -3.00. The van der Waals surface area contributed by atoms with Crippen LogP contribution in [0.4, 0.5) is 0 Å².